The summed E-state index contributed by atoms with van der Waals surface area (Å²) in [4.78, 5) is 4.23. The third-order valence-electron chi connectivity index (χ3n) is 4.31. The zero-order valence-electron chi connectivity index (χ0n) is 16.7. The van der Waals surface area contributed by atoms with E-state index in [0.29, 0.717) is 44.3 Å². The molecule has 0 aliphatic heterocycles. The molecule has 0 aliphatic rings. The average Bonchev–Trinajstić information content (AvgIpc) is 3.09. The molecule has 0 spiro atoms. The molecule has 2 aromatic carbocycles. The molecular weight excluding hydrogens is 372 g/mol. The lowest BCUT2D eigenvalue weighted by atomic mass is 10.1. The monoisotopic (exact) mass is 398 g/mol. The fraction of sp³-hybridized carbons (Fsp3) is 0.318. The second-order valence-electron chi connectivity index (χ2n) is 6.41. The smallest absolute Gasteiger partial charge is 0.292 e. The molecule has 0 fully saturated rings. The van der Waals surface area contributed by atoms with E-state index in [9.17, 15) is 0 Å². The predicted molar refractivity (Wildman–Crippen MR) is 109 cm³/mol. The third-order valence-corrected chi connectivity index (χ3v) is 4.31. The summed E-state index contributed by atoms with van der Waals surface area (Å²) in [6.07, 6.45) is 0.562. The second kappa shape index (κ2) is 10.5. The van der Waals surface area contributed by atoms with Crippen LogP contribution in [0.1, 0.15) is 22.6 Å². The summed E-state index contributed by atoms with van der Waals surface area (Å²) in [7, 11) is 3.29. The first-order valence-corrected chi connectivity index (χ1v) is 9.33. The van der Waals surface area contributed by atoms with Gasteiger partial charge in [0.05, 0.1) is 40.6 Å². The average molecular weight is 398 g/mol. The van der Waals surface area contributed by atoms with Crippen LogP contribution < -0.4 is 15.2 Å². The zero-order valence-corrected chi connectivity index (χ0v) is 16.7. The third kappa shape index (κ3) is 6.23. The lowest BCUT2D eigenvalue weighted by Crippen LogP contribution is -2.06. The van der Waals surface area contributed by atoms with Gasteiger partial charge >= 0.3 is 0 Å². The first-order valence-electron chi connectivity index (χ1n) is 9.33. The minimum Gasteiger partial charge on any atom is -0.497 e. The molecule has 0 saturated carbocycles. The molecule has 2 N–H and O–H groups in total. The Balaban J connectivity index is 1.44. The van der Waals surface area contributed by atoms with Gasteiger partial charge in [0.2, 0.25) is 0 Å². The van der Waals surface area contributed by atoms with Crippen LogP contribution in [0.25, 0.3) is 0 Å². The number of oxazole rings is 1. The van der Waals surface area contributed by atoms with Crippen LogP contribution in [0.3, 0.4) is 0 Å². The molecule has 7 heteroatoms. The minimum atomic E-state index is 0.135. The van der Waals surface area contributed by atoms with Gasteiger partial charge in [-0.15, -0.1) is 0 Å². The molecule has 3 aromatic rings. The van der Waals surface area contributed by atoms with E-state index in [1.807, 2.05) is 48.5 Å². The van der Waals surface area contributed by atoms with Crippen molar-refractivity contribution < 1.29 is 23.4 Å². The van der Waals surface area contributed by atoms with Gasteiger partial charge in [-0.25, -0.2) is 0 Å². The lowest BCUT2D eigenvalue weighted by Gasteiger charge is -2.07. The van der Waals surface area contributed by atoms with Gasteiger partial charge in [-0.2, -0.15) is 4.98 Å². The molecule has 0 saturated heterocycles. The van der Waals surface area contributed by atoms with Gasteiger partial charge in [-0.3, -0.25) is 0 Å². The summed E-state index contributed by atoms with van der Waals surface area (Å²) in [5, 5.41) is 0. The first-order chi connectivity index (χ1) is 14.2. The Bertz CT molecular complexity index is 910. The van der Waals surface area contributed by atoms with Crippen LogP contribution in [0.2, 0.25) is 0 Å². The maximum absolute atomic E-state index is 5.74. The van der Waals surface area contributed by atoms with E-state index >= 15 is 0 Å². The van der Waals surface area contributed by atoms with Gasteiger partial charge in [-0.05, 0) is 35.4 Å². The highest BCUT2D eigenvalue weighted by atomic mass is 16.5. The molecule has 0 aliphatic carbocycles. The fourth-order valence-electron chi connectivity index (χ4n) is 2.86. The van der Waals surface area contributed by atoms with Crippen molar-refractivity contribution in [2.75, 3.05) is 33.2 Å². The Labute approximate surface area is 170 Å². The number of hydrogen-bond acceptors (Lipinski definition) is 7. The van der Waals surface area contributed by atoms with E-state index in [0.717, 1.165) is 22.6 Å². The summed E-state index contributed by atoms with van der Waals surface area (Å²) in [5.74, 6) is 2.29. The number of benzene rings is 2. The maximum atomic E-state index is 5.74. The van der Waals surface area contributed by atoms with Crippen molar-refractivity contribution in [3.8, 4) is 11.5 Å². The maximum Gasteiger partial charge on any atom is 0.292 e. The number of aromatic nitrogens is 1. The van der Waals surface area contributed by atoms with Crippen molar-refractivity contribution in [2.24, 2.45) is 0 Å². The topological polar surface area (TPSA) is 89.0 Å². The summed E-state index contributed by atoms with van der Waals surface area (Å²) >= 11 is 0. The van der Waals surface area contributed by atoms with Crippen LogP contribution in [-0.4, -0.2) is 32.4 Å². The molecule has 0 atom stereocenters. The molecule has 0 amide bonds. The van der Waals surface area contributed by atoms with E-state index in [1.54, 1.807) is 14.2 Å². The molecule has 29 heavy (non-hydrogen) atoms. The van der Waals surface area contributed by atoms with Gasteiger partial charge in [0, 0.05) is 6.42 Å². The molecule has 1 heterocycles. The number of anilines is 1. The summed E-state index contributed by atoms with van der Waals surface area (Å²) in [6.45, 7) is 1.71. The van der Waals surface area contributed by atoms with E-state index in [1.165, 1.54) is 0 Å². The molecule has 0 radical (unpaired) electrons. The highest BCUT2D eigenvalue weighted by molar-refractivity contribution is 5.32. The van der Waals surface area contributed by atoms with E-state index in [-0.39, 0.29) is 6.01 Å². The number of methoxy groups -OCH3 is 2. The Morgan fingerprint density at radius 2 is 1.48 bits per heavy atom. The molecule has 154 valence electrons. The highest BCUT2D eigenvalue weighted by Crippen LogP contribution is 2.21. The molecule has 0 unspecified atom stereocenters. The van der Waals surface area contributed by atoms with Crippen molar-refractivity contribution in [1.82, 2.24) is 4.98 Å². The summed E-state index contributed by atoms with van der Waals surface area (Å²) in [5.41, 5.74) is 8.52. The normalized spacial score (nSPS) is 10.8. The van der Waals surface area contributed by atoms with E-state index in [2.05, 4.69) is 4.98 Å². The van der Waals surface area contributed by atoms with Crippen LogP contribution in [0.15, 0.2) is 52.9 Å². The van der Waals surface area contributed by atoms with Crippen LogP contribution in [0.5, 0.6) is 11.5 Å². The van der Waals surface area contributed by atoms with Crippen LogP contribution >= 0.6 is 0 Å². The minimum absolute atomic E-state index is 0.135. The van der Waals surface area contributed by atoms with E-state index < -0.39 is 0 Å². The fourth-order valence-corrected chi connectivity index (χ4v) is 2.86. The van der Waals surface area contributed by atoms with Gasteiger partial charge in [0.15, 0.2) is 0 Å². The van der Waals surface area contributed by atoms with Crippen LogP contribution in [0, 0.1) is 0 Å². The summed E-state index contributed by atoms with van der Waals surface area (Å²) in [6, 6.07) is 15.7. The van der Waals surface area contributed by atoms with Gasteiger partial charge in [0.1, 0.15) is 23.0 Å². The van der Waals surface area contributed by atoms with Gasteiger partial charge in [0.25, 0.3) is 6.01 Å². The Hall–Kier alpha value is -3.03. The largest absolute Gasteiger partial charge is 0.497 e. The first kappa shape index (κ1) is 20.7. The number of rotatable bonds is 11. The number of nitrogen functional groups attached to an aromatic ring is 1. The number of nitrogens with zero attached hydrogens (tertiary/aromatic N) is 1. The Morgan fingerprint density at radius 1 is 0.862 bits per heavy atom. The standard InChI is InChI=1S/C22H26N2O5/c1-25-18-7-3-5-16(11-18)13-21-20(24-22(23)29-21)15-28-10-9-27-14-17-6-4-8-19(12-17)26-2/h3-8,11-12H,9-10,13-15H2,1-2H3,(H2,23,24). The highest BCUT2D eigenvalue weighted by Gasteiger charge is 2.13. The lowest BCUT2D eigenvalue weighted by molar-refractivity contribution is 0.0325. The van der Waals surface area contributed by atoms with Crippen molar-refractivity contribution in [3.05, 3.63) is 71.1 Å². The van der Waals surface area contributed by atoms with Crippen LogP contribution in [-0.2, 0) is 29.1 Å². The Kier molecular flexibility index (Phi) is 7.49. The Morgan fingerprint density at radius 3 is 2.17 bits per heavy atom. The second-order valence-corrected chi connectivity index (χ2v) is 6.41. The molecule has 1 aromatic heterocycles. The zero-order chi connectivity index (χ0) is 20.5. The number of nitrogens with two attached hydrogens (primary N) is 1. The molecule has 0 bridgehead atoms. The van der Waals surface area contributed by atoms with Crippen LogP contribution in [0.4, 0.5) is 6.01 Å². The van der Waals surface area contributed by atoms with Gasteiger partial charge < -0.3 is 29.1 Å². The number of ether oxygens (including phenoxy) is 4. The van der Waals surface area contributed by atoms with E-state index in [4.69, 9.17) is 29.1 Å². The quantitative estimate of drug-likeness (QED) is 0.494. The van der Waals surface area contributed by atoms with Gasteiger partial charge in [-0.1, -0.05) is 24.3 Å². The van der Waals surface area contributed by atoms with Crippen molar-refractivity contribution >= 4 is 6.01 Å². The van der Waals surface area contributed by atoms with Crippen molar-refractivity contribution in [2.45, 2.75) is 19.6 Å². The number of hydrogen-bond donors (Lipinski definition) is 1. The van der Waals surface area contributed by atoms with Crippen molar-refractivity contribution in [3.63, 3.8) is 0 Å². The molecular formula is C22H26N2O5. The molecule has 3 rings (SSSR count). The summed E-state index contributed by atoms with van der Waals surface area (Å²) < 4.78 is 27.4. The SMILES string of the molecule is COc1cccc(COCCOCc2nc(N)oc2Cc2cccc(OC)c2)c1. The predicted octanol–water partition coefficient (Wildman–Crippen LogP) is 3.60. The molecule has 7 nitrogen and oxygen atoms in total. The van der Waals surface area contributed by atoms with Crippen molar-refractivity contribution in [1.29, 1.82) is 0 Å².